The van der Waals surface area contributed by atoms with E-state index in [1.54, 1.807) is 0 Å². The molecule has 0 aromatic carbocycles. The lowest BCUT2D eigenvalue weighted by molar-refractivity contribution is 0.0367. The number of nitrogens with zero attached hydrogens (tertiary/aromatic N) is 2. The van der Waals surface area contributed by atoms with Crippen molar-refractivity contribution in [1.82, 2.24) is 15.1 Å². The van der Waals surface area contributed by atoms with E-state index in [4.69, 9.17) is 0 Å². The minimum Gasteiger partial charge on any atom is -0.312 e. The third-order valence-corrected chi connectivity index (χ3v) is 5.05. The Bertz CT molecular complexity index is 284. The van der Waals surface area contributed by atoms with Crippen LogP contribution in [0.5, 0.6) is 0 Å². The molecule has 0 aliphatic carbocycles. The largest absolute Gasteiger partial charge is 0.312 e. The van der Waals surface area contributed by atoms with Crippen molar-refractivity contribution in [3.05, 3.63) is 0 Å². The maximum atomic E-state index is 3.77. The fourth-order valence-corrected chi connectivity index (χ4v) is 3.61. The van der Waals surface area contributed by atoms with Crippen molar-refractivity contribution in [2.45, 2.75) is 65.5 Å². The van der Waals surface area contributed by atoms with Crippen LogP contribution in [0.2, 0.25) is 0 Å². The molecule has 2 fully saturated rings. The maximum Gasteiger partial charge on any atom is 0.0243 e. The second-order valence-electron chi connectivity index (χ2n) is 7.82. The monoisotopic (exact) mass is 281 g/mol. The molecule has 3 nitrogen and oxygen atoms in total. The molecule has 2 rings (SSSR count). The van der Waals surface area contributed by atoms with Gasteiger partial charge in [-0.1, -0.05) is 34.1 Å². The summed E-state index contributed by atoms with van der Waals surface area (Å²) in [6.45, 7) is 16.9. The smallest absolute Gasteiger partial charge is 0.0243 e. The fraction of sp³-hybridized carbons (Fsp3) is 1.00. The van der Waals surface area contributed by atoms with Gasteiger partial charge in [0, 0.05) is 38.3 Å². The number of rotatable bonds is 5. The van der Waals surface area contributed by atoms with E-state index >= 15 is 0 Å². The van der Waals surface area contributed by atoms with Gasteiger partial charge in [0.1, 0.15) is 0 Å². The Morgan fingerprint density at radius 2 is 1.95 bits per heavy atom. The highest BCUT2D eigenvalue weighted by atomic mass is 15.3. The van der Waals surface area contributed by atoms with E-state index in [1.807, 2.05) is 0 Å². The zero-order chi connectivity index (χ0) is 14.6. The molecule has 2 atom stereocenters. The van der Waals surface area contributed by atoms with Crippen LogP contribution in [0.15, 0.2) is 0 Å². The zero-order valence-electron chi connectivity index (χ0n) is 14.1. The third kappa shape index (κ3) is 4.44. The van der Waals surface area contributed by atoms with Crippen molar-refractivity contribution in [2.75, 3.05) is 39.3 Å². The summed E-state index contributed by atoms with van der Waals surface area (Å²) >= 11 is 0. The molecule has 0 spiro atoms. The lowest BCUT2D eigenvalue weighted by Crippen LogP contribution is -2.58. The third-order valence-electron chi connectivity index (χ3n) is 5.05. The van der Waals surface area contributed by atoms with Gasteiger partial charge in [-0.3, -0.25) is 9.80 Å². The molecule has 0 aromatic heterocycles. The Kier molecular flexibility index (Phi) is 5.88. The second kappa shape index (κ2) is 7.24. The highest BCUT2D eigenvalue weighted by molar-refractivity contribution is 4.89. The van der Waals surface area contributed by atoms with Crippen LogP contribution in [0.1, 0.15) is 53.4 Å². The predicted octanol–water partition coefficient (Wildman–Crippen LogP) is 2.57. The lowest BCUT2D eigenvalue weighted by atomic mass is 9.86. The Balaban J connectivity index is 1.86. The Morgan fingerprint density at radius 1 is 1.15 bits per heavy atom. The van der Waals surface area contributed by atoms with Gasteiger partial charge in [-0.05, 0) is 37.8 Å². The number of fused-ring (bicyclic) bond motifs is 1. The van der Waals surface area contributed by atoms with Crippen LogP contribution in [-0.4, -0.2) is 61.2 Å². The van der Waals surface area contributed by atoms with Crippen LogP contribution in [0.4, 0.5) is 0 Å². The summed E-state index contributed by atoms with van der Waals surface area (Å²) in [5.41, 5.74) is 0.346. The molecule has 20 heavy (non-hydrogen) atoms. The van der Waals surface area contributed by atoms with Crippen LogP contribution in [0.3, 0.4) is 0 Å². The summed E-state index contributed by atoms with van der Waals surface area (Å²) in [6, 6.07) is 1.45. The zero-order valence-corrected chi connectivity index (χ0v) is 14.1. The van der Waals surface area contributed by atoms with Crippen molar-refractivity contribution in [3.63, 3.8) is 0 Å². The Morgan fingerprint density at radius 3 is 2.65 bits per heavy atom. The first-order valence-electron chi connectivity index (χ1n) is 8.70. The topological polar surface area (TPSA) is 18.5 Å². The highest BCUT2D eigenvalue weighted by Crippen LogP contribution is 2.24. The van der Waals surface area contributed by atoms with Gasteiger partial charge >= 0.3 is 0 Å². The molecule has 3 heteroatoms. The standard InChI is InChI=1S/C17H35N3/c1-5-9-18-16(17(2,3)4)14-19-11-12-20-10-7-6-8-15(20)13-19/h15-16,18H,5-14H2,1-4H3. The van der Waals surface area contributed by atoms with Gasteiger partial charge in [0.05, 0.1) is 0 Å². The molecule has 0 aromatic rings. The van der Waals surface area contributed by atoms with Crippen molar-refractivity contribution in [2.24, 2.45) is 5.41 Å². The quantitative estimate of drug-likeness (QED) is 0.835. The molecule has 2 saturated heterocycles. The SMILES string of the molecule is CCCNC(CN1CCN2CCCCC2C1)C(C)(C)C. The lowest BCUT2D eigenvalue weighted by Gasteiger charge is -2.46. The van der Waals surface area contributed by atoms with Gasteiger partial charge in [-0.25, -0.2) is 0 Å². The molecule has 0 radical (unpaired) electrons. The minimum atomic E-state index is 0.346. The molecular weight excluding hydrogens is 246 g/mol. The van der Waals surface area contributed by atoms with Crippen LogP contribution in [0.25, 0.3) is 0 Å². The van der Waals surface area contributed by atoms with Crippen molar-refractivity contribution < 1.29 is 0 Å². The molecule has 0 amide bonds. The van der Waals surface area contributed by atoms with E-state index in [0.29, 0.717) is 11.5 Å². The van der Waals surface area contributed by atoms with Gasteiger partial charge in [0.15, 0.2) is 0 Å². The first kappa shape index (κ1) is 16.3. The molecule has 2 aliphatic rings. The van der Waals surface area contributed by atoms with Crippen LogP contribution in [0, 0.1) is 5.41 Å². The number of nitrogens with one attached hydrogen (secondary N) is 1. The molecule has 1 N–H and O–H groups in total. The van der Waals surface area contributed by atoms with Crippen LogP contribution in [-0.2, 0) is 0 Å². The first-order valence-corrected chi connectivity index (χ1v) is 8.70. The van der Waals surface area contributed by atoms with E-state index in [2.05, 4.69) is 42.8 Å². The van der Waals surface area contributed by atoms with Crippen LogP contribution < -0.4 is 5.32 Å². The summed E-state index contributed by atoms with van der Waals surface area (Å²) in [6.07, 6.45) is 5.49. The van der Waals surface area contributed by atoms with E-state index in [0.717, 1.165) is 12.6 Å². The molecule has 2 aliphatic heterocycles. The van der Waals surface area contributed by atoms with Crippen molar-refractivity contribution >= 4 is 0 Å². The van der Waals surface area contributed by atoms with Gasteiger partial charge in [-0.15, -0.1) is 0 Å². The van der Waals surface area contributed by atoms with Gasteiger partial charge < -0.3 is 5.32 Å². The Labute approximate surface area is 126 Å². The van der Waals surface area contributed by atoms with Crippen LogP contribution >= 0.6 is 0 Å². The van der Waals surface area contributed by atoms with Gasteiger partial charge in [-0.2, -0.15) is 0 Å². The number of hydrogen-bond acceptors (Lipinski definition) is 3. The normalized spacial score (nSPS) is 27.3. The van der Waals surface area contributed by atoms with E-state index in [-0.39, 0.29) is 0 Å². The molecule has 2 heterocycles. The highest BCUT2D eigenvalue weighted by Gasteiger charge is 2.32. The first-order chi connectivity index (χ1) is 9.50. The maximum absolute atomic E-state index is 3.77. The number of piperidine rings is 1. The molecule has 0 bridgehead atoms. The van der Waals surface area contributed by atoms with E-state index in [1.165, 1.54) is 58.4 Å². The second-order valence-corrected chi connectivity index (χ2v) is 7.82. The molecule has 0 saturated carbocycles. The summed E-state index contributed by atoms with van der Waals surface area (Å²) in [7, 11) is 0. The summed E-state index contributed by atoms with van der Waals surface area (Å²) in [4.78, 5) is 5.44. The van der Waals surface area contributed by atoms with Gasteiger partial charge in [0.25, 0.3) is 0 Å². The molecule has 118 valence electrons. The average Bonchev–Trinajstić information content (AvgIpc) is 2.42. The van der Waals surface area contributed by atoms with Gasteiger partial charge in [0.2, 0.25) is 0 Å². The molecular formula is C17H35N3. The van der Waals surface area contributed by atoms with Crippen molar-refractivity contribution in [3.8, 4) is 0 Å². The fourth-order valence-electron chi connectivity index (χ4n) is 3.61. The average molecular weight is 281 g/mol. The number of piperazine rings is 1. The predicted molar refractivity (Wildman–Crippen MR) is 87.2 cm³/mol. The van der Waals surface area contributed by atoms with E-state index < -0.39 is 0 Å². The number of hydrogen-bond donors (Lipinski definition) is 1. The summed E-state index contributed by atoms with van der Waals surface area (Å²) in [5, 5.41) is 3.77. The van der Waals surface area contributed by atoms with Crippen molar-refractivity contribution in [1.29, 1.82) is 0 Å². The Hall–Kier alpha value is -0.120. The minimum absolute atomic E-state index is 0.346. The summed E-state index contributed by atoms with van der Waals surface area (Å²) < 4.78 is 0. The van der Waals surface area contributed by atoms with E-state index in [9.17, 15) is 0 Å². The molecule has 2 unspecified atom stereocenters. The summed E-state index contributed by atoms with van der Waals surface area (Å²) in [5.74, 6) is 0.